The van der Waals surface area contributed by atoms with Crippen LogP contribution in [0.3, 0.4) is 0 Å². The SMILES string of the molecule is CCCNC1CCCc2ccc(OCCOCCC)cc21. The Hall–Kier alpha value is -1.06. The lowest BCUT2D eigenvalue weighted by Crippen LogP contribution is -2.25. The molecule has 1 aromatic rings. The summed E-state index contributed by atoms with van der Waals surface area (Å²) in [6.45, 7) is 7.53. The van der Waals surface area contributed by atoms with Crippen LogP contribution in [0.1, 0.15) is 56.7 Å². The molecule has 0 aromatic heterocycles. The molecule has 0 fully saturated rings. The molecule has 0 bridgehead atoms. The van der Waals surface area contributed by atoms with Crippen LogP contribution < -0.4 is 10.1 Å². The minimum absolute atomic E-state index is 0.494. The number of hydrogen-bond acceptors (Lipinski definition) is 3. The van der Waals surface area contributed by atoms with Gasteiger partial charge in [0, 0.05) is 12.6 Å². The van der Waals surface area contributed by atoms with Crippen LogP contribution in [0.25, 0.3) is 0 Å². The molecule has 1 atom stereocenters. The molecule has 0 amide bonds. The Balaban J connectivity index is 1.92. The van der Waals surface area contributed by atoms with Crippen molar-refractivity contribution in [3.8, 4) is 5.75 Å². The van der Waals surface area contributed by atoms with E-state index in [0.29, 0.717) is 19.3 Å². The highest BCUT2D eigenvalue weighted by Crippen LogP contribution is 2.32. The Labute approximate surface area is 129 Å². The van der Waals surface area contributed by atoms with Crippen molar-refractivity contribution in [3.63, 3.8) is 0 Å². The molecule has 0 radical (unpaired) electrons. The second kappa shape index (κ2) is 9.06. The molecule has 1 unspecified atom stereocenters. The second-order valence-corrected chi connectivity index (χ2v) is 5.72. The summed E-state index contributed by atoms with van der Waals surface area (Å²) in [5, 5.41) is 3.66. The van der Waals surface area contributed by atoms with Crippen LogP contribution in [0.4, 0.5) is 0 Å². The molecular formula is C18H29NO2. The summed E-state index contributed by atoms with van der Waals surface area (Å²) in [5.74, 6) is 0.971. The standard InChI is InChI=1S/C18H29NO2/c1-3-10-19-18-7-5-6-15-8-9-16(14-17(15)18)21-13-12-20-11-4-2/h8-9,14,18-19H,3-7,10-13H2,1-2H3. The van der Waals surface area contributed by atoms with Crippen LogP contribution in [-0.2, 0) is 11.2 Å². The van der Waals surface area contributed by atoms with Gasteiger partial charge < -0.3 is 14.8 Å². The van der Waals surface area contributed by atoms with Crippen molar-refractivity contribution in [1.82, 2.24) is 5.32 Å². The van der Waals surface area contributed by atoms with Crippen molar-refractivity contribution in [3.05, 3.63) is 29.3 Å². The zero-order chi connectivity index (χ0) is 14.9. The van der Waals surface area contributed by atoms with Gasteiger partial charge in [-0.3, -0.25) is 0 Å². The van der Waals surface area contributed by atoms with Crippen LogP contribution in [0.5, 0.6) is 5.75 Å². The predicted molar refractivity (Wildman–Crippen MR) is 87.0 cm³/mol. The molecule has 1 aromatic carbocycles. The lowest BCUT2D eigenvalue weighted by molar-refractivity contribution is 0.101. The summed E-state index contributed by atoms with van der Waals surface area (Å²) >= 11 is 0. The van der Waals surface area contributed by atoms with Gasteiger partial charge in [-0.2, -0.15) is 0 Å². The van der Waals surface area contributed by atoms with Crippen molar-refractivity contribution in [2.75, 3.05) is 26.4 Å². The third-order valence-electron chi connectivity index (χ3n) is 3.92. The molecule has 3 heteroatoms. The third kappa shape index (κ3) is 5.01. The van der Waals surface area contributed by atoms with Gasteiger partial charge in [0.1, 0.15) is 12.4 Å². The first-order valence-corrected chi connectivity index (χ1v) is 8.42. The van der Waals surface area contributed by atoms with Crippen molar-refractivity contribution in [2.24, 2.45) is 0 Å². The highest BCUT2D eigenvalue weighted by atomic mass is 16.5. The van der Waals surface area contributed by atoms with E-state index in [9.17, 15) is 0 Å². The molecule has 0 saturated heterocycles. The lowest BCUT2D eigenvalue weighted by Gasteiger charge is -2.27. The van der Waals surface area contributed by atoms with E-state index in [0.717, 1.165) is 25.3 Å². The molecule has 2 rings (SSSR count). The average molecular weight is 291 g/mol. The molecule has 3 nitrogen and oxygen atoms in total. The van der Waals surface area contributed by atoms with E-state index in [4.69, 9.17) is 9.47 Å². The number of benzene rings is 1. The highest BCUT2D eigenvalue weighted by molar-refractivity contribution is 5.39. The Morgan fingerprint density at radius 2 is 2.05 bits per heavy atom. The molecule has 0 aliphatic heterocycles. The van der Waals surface area contributed by atoms with E-state index in [1.807, 2.05) is 0 Å². The zero-order valence-electron chi connectivity index (χ0n) is 13.5. The van der Waals surface area contributed by atoms with E-state index in [-0.39, 0.29) is 0 Å². The van der Waals surface area contributed by atoms with E-state index in [1.54, 1.807) is 0 Å². The zero-order valence-corrected chi connectivity index (χ0v) is 13.5. The van der Waals surface area contributed by atoms with Crippen molar-refractivity contribution < 1.29 is 9.47 Å². The molecule has 1 N–H and O–H groups in total. The second-order valence-electron chi connectivity index (χ2n) is 5.72. The largest absolute Gasteiger partial charge is 0.491 e. The Kier molecular flexibility index (Phi) is 7.04. The maximum absolute atomic E-state index is 5.82. The monoisotopic (exact) mass is 291 g/mol. The van der Waals surface area contributed by atoms with Gasteiger partial charge in [0.2, 0.25) is 0 Å². The maximum atomic E-state index is 5.82. The summed E-state index contributed by atoms with van der Waals surface area (Å²) in [6, 6.07) is 7.05. The first-order chi connectivity index (χ1) is 10.3. The topological polar surface area (TPSA) is 30.5 Å². The van der Waals surface area contributed by atoms with E-state index < -0.39 is 0 Å². The van der Waals surface area contributed by atoms with Gasteiger partial charge in [0.05, 0.1) is 6.61 Å². The van der Waals surface area contributed by atoms with Crippen LogP contribution in [-0.4, -0.2) is 26.4 Å². The maximum Gasteiger partial charge on any atom is 0.119 e. The van der Waals surface area contributed by atoms with Gasteiger partial charge in [-0.25, -0.2) is 0 Å². The normalized spacial score (nSPS) is 17.5. The number of hydrogen-bond donors (Lipinski definition) is 1. The molecular weight excluding hydrogens is 262 g/mol. The van der Waals surface area contributed by atoms with Gasteiger partial charge in [0.25, 0.3) is 0 Å². The van der Waals surface area contributed by atoms with Gasteiger partial charge in [0.15, 0.2) is 0 Å². The summed E-state index contributed by atoms with van der Waals surface area (Å²) in [4.78, 5) is 0. The number of fused-ring (bicyclic) bond motifs is 1. The van der Waals surface area contributed by atoms with Crippen LogP contribution >= 0.6 is 0 Å². The summed E-state index contributed by atoms with van der Waals surface area (Å²) < 4.78 is 11.3. The highest BCUT2D eigenvalue weighted by Gasteiger charge is 2.19. The Bertz CT molecular complexity index is 420. The minimum atomic E-state index is 0.494. The molecule has 0 heterocycles. The summed E-state index contributed by atoms with van der Waals surface area (Å²) in [6.07, 6.45) is 5.94. The molecule has 1 aliphatic carbocycles. The van der Waals surface area contributed by atoms with Crippen molar-refractivity contribution >= 4 is 0 Å². The van der Waals surface area contributed by atoms with Gasteiger partial charge >= 0.3 is 0 Å². The van der Waals surface area contributed by atoms with Crippen LogP contribution in [0.2, 0.25) is 0 Å². The minimum Gasteiger partial charge on any atom is -0.491 e. The summed E-state index contributed by atoms with van der Waals surface area (Å²) in [5.41, 5.74) is 2.91. The molecule has 118 valence electrons. The Morgan fingerprint density at radius 1 is 1.14 bits per heavy atom. The molecule has 0 spiro atoms. The first-order valence-electron chi connectivity index (χ1n) is 8.42. The van der Waals surface area contributed by atoms with Gasteiger partial charge in [-0.15, -0.1) is 0 Å². The van der Waals surface area contributed by atoms with Crippen molar-refractivity contribution in [1.29, 1.82) is 0 Å². The Morgan fingerprint density at radius 3 is 2.86 bits per heavy atom. The third-order valence-corrected chi connectivity index (χ3v) is 3.92. The van der Waals surface area contributed by atoms with Crippen molar-refractivity contribution in [2.45, 2.75) is 52.0 Å². The van der Waals surface area contributed by atoms with E-state index >= 15 is 0 Å². The fourth-order valence-electron chi connectivity index (χ4n) is 2.86. The number of rotatable bonds is 9. The fraction of sp³-hybridized carbons (Fsp3) is 0.667. The average Bonchev–Trinajstić information content (AvgIpc) is 2.52. The predicted octanol–water partition coefficient (Wildman–Crippen LogP) is 3.87. The van der Waals surface area contributed by atoms with Gasteiger partial charge in [-0.1, -0.05) is 19.9 Å². The number of aryl methyl sites for hydroxylation is 1. The fourth-order valence-corrected chi connectivity index (χ4v) is 2.86. The lowest BCUT2D eigenvalue weighted by atomic mass is 9.87. The van der Waals surface area contributed by atoms with E-state index in [2.05, 4.69) is 37.4 Å². The van der Waals surface area contributed by atoms with Crippen LogP contribution in [0, 0.1) is 0 Å². The van der Waals surface area contributed by atoms with Crippen LogP contribution in [0.15, 0.2) is 18.2 Å². The van der Waals surface area contributed by atoms with E-state index in [1.165, 1.54) is 36.8 Å². The number of ether oxygens (including phenoxy) is 2. The molecule has 21 heavy (non-hydrogen) atoms. The first kappa shape index (κ1) is 16.3. The molecule has 1 aliphatic rings. The van der Waals surface area contributed by atoms with Gasteiger partial charge in [-0.05, 0) is 61.9 Å². The molecule has 0 saturated carbocycles. The number of nitrogens with one attached hydrogen (secondary N) is 1. The smallest absolute Gasteiger partial charge is 0.119 e. The quantitative estimate of drug-likeness (QED) is 0.701. The summed E-state index contributed by atoms with van der Waals surface area (Å²) in [7, 11) is 0.